The van der Waals surface area contributed by atoms with Gasteiger partial charge in [-0.1, -0.05) is 13.0 Å². The van der Waals surface area contributed by atoms with E-state index in [9.17, 15) is 9.59 Å². The van der Waals surface area contributed by atoms with Gasteiger partial charge < -0.3 is 5.11 Å². The summed E-state index contributed by atoms with van der Waals surface area (Å²) >= 11 is 0. The van der Waals surface area contributed by atoms with Crippen LogP contribution in [-0.4, -0.2) is 16.9 Å². The molecular weight excluding hydrogens is 192 g/mol. The van der Waals surface area contributed by atoms with E-state index in [0.717, 1.165) is 18.4 Å². The summed E-state index contributed by atoms with van der Waals surface area (Å²) in [4.78, 5) is 21.7. The first-order chi connectivity index (χ1) is 6.93. The van der Waals surface area contributed by atoms with Gasteiger partial charge in [0, 0.05) is 12.8 Å². The van der Waals surface area contributed by atoms with E-state index in [2.05, 4.69) is 6.92 Å². The van der Waals surface area contributed by atoms with Crippen LogP contribution in [0.15, 0.2) is 11.6 Å². The summed E-state index contributed by atoms with van der Waals surface area (Å²) in [6.45, 7) is 3.95. The summed E-state index contributed by atoms with van der Waals surface area (Å²) in [7, 11) is 0. The Balaban J connectivity index is 2.53. The molecular formula is C12H18O3. The summed E-state index contributed by atoms with van der Waals surface area (Å²) in [5, 5.41) is 8.55. The van der Waals surface area contributed by atoms with Crippen molar-refractivity contribution in [2.45, 2.75) is 46.0 Å². The summed E-state index contributed by atoms with van der Waals surface area (Å²) in [6, 6.07) is 0. The second-order valence-corrected chi connectivity index (χ2v) is 4.65. The van der Waals surface area contributed by atoms with Crippen LogP contribution in [0.3, 0.4) is 0 Å². The molecule has 0 aromatic rings. The van der Waals surface area contributed by atoms with Gasteiger partial charge in [-0.2, -0.15) is 0 Å². The summed E-state index contributed by atoms with van der Waals surface area (Å²) in [5.41, 5.74) is 0.854. The normalized spacial score (nSPS) is 26.3. The number of carboxylic acid groups (broad SMARTS) is 1. The lowest BCUT2D eigenvalue weighted by Gasteiger charge is -2.30. The number of allylic oxidation sites excluding steroid dienone is 2. The molecule has 0 spiro atoms. The van der Waals surface area contributed by atoms with E-state index in [1.807, 2.05) is 13.0 Å². The smallest absolute Gasteiger partial charge is 0.303 e. The molecule has 0 aromatic heterocycles. The molecule has 0 heterocycles. The molecule has 1 aliphatic rings. The Morgan fingerprint density at radius 1 is 1.60 bits per heavy atom. The minimum absolute atomic E-state index is 0.0213. The molecule has 0 saturated carbocycles. The number of hydrogen-bond donors (Lipinski definition) is 1. The lowest BCUT2D eigenvalue weighted by atomic mass is 9.74. The Kier molecular flexibility index (Phi) is 3.66. The van der Waals surface area contributed by atoms with E-state index in [0.29, 0.717) is 12.8 Å². The first-order valence-electron chi connectivity index (χ1n) is 5.37. The third kappa shape index (κ3) is 3.50. The van der Waals surface area contributed by atoms with Crippen LogP contribution in [0.1, 0.15) is 46.0 Å². The minimum atomic E-state index is -0.744. The first-order valence-corrected chi connectivity index (χ1v) is 5.37. The third-order valence-electron chi connectivity index (χ3n) is 3.07. The maximum absolute atomic E-state index is 11.3. The summed E-state index contributed by atoms with van der Waals surface area (Å²) in [6.07, 6.45) is 5.22. The number of Topliss-reactive ketones (excluding diaryl/α,β-unsaturated/α-hetero) is 1. The highest BCUT2D eigenvalue weighted by Crippen LogP contribution is 2.36. The van der Waals surface area contributed by atoms with Crippen LogP contribution in [0, 0.1) is 5.41 Å². The number of carbonyl (C=O) groups is 2. The average Bonchev–Trinajstić information content (AvgIpc) is 2.11. The van der Waals surface area contributed by atoms with E-state index in [-0.39, 0.29) is 17.6 Å². The highest BCUT2D eigenvalue weighted by atomic mass is 16.4. The van der Waals surface area contributed by atoms with Gasteiger partial charge in [0.15, 0.2) is 5.78 Å². The second-order valence-electron chi connectivity index (χ2n) is 4.65. The molecule has 0 radical (unpaired) electrons. The average molecular weight is 210 g/mol. The van der Waals surface area contributed by atoms with E-state index < -0.39 is 5.97 Å². The fraction of sp³-hybridized carbons (Fsp3) is 0.667. The van der Waals surface area contributed by atoms with Crippen molar-refractivity contribution in [2.24, 2.45) is 5.41 Å². The van der Waals surface area contributed by atoms with Crippen LogP contribution in [0.4, 0.5) is 0 Å². The molecule has 1 rings (SSSR count). The molecule has 3 nitrogen and oxygen atoms in total. The van der Waals surface area contributed by atoms with Gasteiger partial charge in [0.25, 0.3) is 0 Å². The number of carbonyl (C=O) groups excluding carboxylic acids is 1. The van der Waals surface area contributed by atoms with Gasteiger partial charge in [-0.15, -0.1) is 0 Å². The zero-order chi connectivity index (χ0) is 11.5. The summed E-state index contributed by atoms with van der Waals surface area (Å²) in [5.74, 6) is -0.517. The number of carboxylic acids is 1. The predicted molar refractivity (Wildman–Crippen MR) is 57.6 cm³/mol. The minimum Gasteiger partial charge on any atom is -0.481 e. The van der Waals surface area contributed by atoms with Crippen molar-refractivity contribution in [2.75, 3.05) is 0 Å². The Hall–Kier alpha value is -1.12. The van der Waals surface area contributed by atoms with Gasteiger partial charge >= 0.3 is 5.97 Å². The molecule has 1 N–H and O–H groups in total. The molecule has 0 aromatic carbocycles. The van der Waals surface area contributed by atoms with Crippen molar-refractivity contribution in [1.29, 1.82) is 0 Å². The highest BCUT2D eigenvalue weighted by molar-refractivity contribution is 5.95. The second kappa shape index (κ2) is 4.60. The Morgan fingerprint density at radius 3 is 2.80 bits per heavy atom. The van der Waals surface area contributed by atoms with Gasteiger partial charge in [-0.3, -0.25) is 9.59 Å². The zero-order valence-electron chi connectivity index (χ0n) is 9.38. The van der Waals surface area contributed by atoms with Crippen molar-refractivity contribution in [3.8, 4) is 0 Å². The maximum atomic E-state index is 11.3. The number of rotatable bonds is 4. The highest BCUT2D eigenvalue weighted by Gasteiger charge is 2.27. The van der Waals surface area contributed by atoms with Crippen molar-refractivity contribution in [3.05, 3.63) is 11.6 Å². The first kappa shape index (κ1) is 12.0. The van der Waals surface area contributed by atoms with Crippen LogP contribution in [-0.2, 0) is 9.59 Å². The molecule has 0 fully saturated rings. The Bertz CT molecular complexity index is 304. The number of ketones is 1. The zero-order valence-corrected chi connectivity index (χ0v) is 9.38. The number of hydrogen-bond acceptors (Lipinski definition) is 2. The van der Waals surface area contributed by atoms with Gasteiger partial charge in [0.2, 0.25) is 0 Å². The van der Waals surface area contributed by atoms with E-state index in [4.69, 9.17) is 5.11 Å². The van der Waals surface area contributed by atoms with Crippen LogP contribution >= 0.6 is 0 Å². The molecule has 0 amide bonds. The number of aliphatic carboxylic acids is 1. The summed E-state index contributed by atoms with van der Waals surface area (Å²) < 4.78 is 0. The SMILES string of the molecule is CC1=CC(C)(CCCC(=O)O)CCC1=O. The fourth-order valence-electron chi connectivity index (χ4n) is 2.11. The van der Waals surface area contributed by atoms with Crippen LogP contribution < -0.4 is 0 Å². The quantitative estimate of drug-likeness (QED) is 0.775. The van der Waals surface area contributed by atoms with Gasteiger partial charge in [-0.25, -0.2) is 0 Å². The van der Waals surface area contributed by atoms with Gasteiger partial charge in [0.05, 0.1) is 0 Å². The van der Waals surface area contributed by atoms with Crippen molar-refractivity contribution in [1.82, 2.24) is 0 Å². The third-order valence-corrected chi connectivity index (χ3v) is 3.07. The molecule has 15 heavy (non-hydrogen) atoms. The van der Waals surface area contributed by atoms with Gasteiger partial charge in [0.1, 0.15) is 0 Å². The lowest BCUT2D eigenvalue weighted by molar-refractivity contribution is -0.137. The van der Waals surface area contributed by atoms with E-state index in [1.165, 1.54) is 0 Å². The van der Waals surface area contributed by atoms with Crippen LogP contribution in [0.5, 0.6) is 0 Å². The molecule has 0 saturated heterocycles. The standard InChI is InChI=1S/C12H18O3/c1-9-8-12(2,7-5-10(9)13)6-3-4-11(14)15/h8H,3-7H2,1-2H3,(H,14,15). The molecule has 3 heteroatoms. The van der Waals surface area contributed by atoms with E-state index in [1.54, 1.807) is 0 Å². The van der Waals surface area contributed by atoms with Crippen LogP contribution in [0.2, 0.25) is 0 Å². The predicted octanol–water partition coefficient (Wildman–Crippen LogP) is 2.56. The molecule has 0 aliphatic heterocycles. The van der Waals surface area contributed by atoms with Crippen molar-refractivity contribution in [3.63, 3.8) is 0 Å². The topological polar surface area (TPSA) is 54.4 Å². The Morgan fingerprint density at radius 2 is 2.27 bits per heavy atom. The molecule has 1 aliphatic carbocycles. The fourth-order valence-corrected chi connectivity index (χ4v) is 2.11. The van der Waals surface area contributed by atoms with Crippen molar-refractivity contribution < 1.29 is 14.7 Å². The molecule has 1 unspecified atom stereocenters. The monoisotopic (exact) mass is 210 g/mol. The van der Waals surface area contributed by atoms with Gasteiger partial charge in [-0.05, 0) is 37.2 Å². The maximum Gasteiger partial charge on any atom is 0.303 e. The largest absolute Gasteiger partial charge is 0.481 e. The van der Waals surface area contributed by atoms with Crippen molar-refractivity contribution >= 4 is 11.8 Å². The van der Waals surface area contributed by atoms with Crippen LogP contribution in [0.25, 0.3) is 0 Å². The lowest BCUT2D eigenvalue weighted by Crippen LogP contribution is -2.22. The molecule has 0 bridgehead atoms. The molecule has 84 valence electrons. The molecule has 1 atom stereocenters. The van der Waals surface area contributed by atoms with E-state index >= 15 is 0 Å². The Labute approximate surface area is 90.2 Å².